The van der Waals surface area contributed by atoms with Crippen LogP contribution in [0.5, 0.6) is 0 Å². The Morgan fingerprint density at radius 2 is 0.784 bits per heavy atom. The molecule has 0 amide bonds. The highest BCUT2D eigenvalue weighted by atomic mass is 15.2. The summed E-state index contributed by atoms with van der Waals surface area (Å²) in [5.74, 6) is 0. The van der Waals surface area contributed by atoms with Crippen LogP contribution in [-0.4, -0.2) is 6.71 Å². The standard InChI is InChI=1S/C48H41BN2/c1-47(2,34-19-9-5-10-20-34)36-29-30-43-41(31-36)49-40-27-17-18-28-42(40)50(38-23-13-7-14-24-38)44-32-37(48(3,4)35-21-11-6-12-22-35)33-45(46(44)49)51(43)39-25-15-8-16-26-39/h5-33H,1-4H3. The van der Waals surface area contributed by atoms with Crippen molar-refractivity contribution in [3.05, 3.63) is 198 Å². The van der Waals surface area contributed by atoms with Gasteiger partial charge in [0.15, 0.2) is 0 Å². The summed E-state index contributed by atoms with van der Waals surface area (Å²) in [4.78, 5) is 5.02. The zero-order valence-corrected chi connectivity index (χ0v) is 29.7. The maximum atomic E-state index is 2.52. The van der Waals surface area contributed by atoms with E-state index < -0.39 is 0 Å². The maximum Gasteiger partial charge on any atom is 0.252 e. The number of benzene rings is 7. The molecule has 9 rings (SSSR count). The maximum absolute atomic E-state index is 2.52. The molecule has 0 radical (unpaired) electrons. The van der Waals surface area contributed by atoms with E-state index >= 15 is 0 Å². The number of fused-ring (bicyclic) bond motifs is 4. The third-order valence-corrected chi connectivity index (χ3v) is 11.4. The van der Waals surface area contributed by atoms with E-state index in [9.17, 15) is 0 Å². The molecule has 0 fully saturated rings. The second-order valence-corrected chi connectivity index (χ2v) is 15.0. The summed E-state index contributed by atoms with van der Waals surface area (Å²) in [7, 11) is 0. The van der Waals surface area contributed by atoms with Crippen LogP contribution >= 0.6 is 0 Å². The first kappa shape index (κ1) is 31.2. The zero-order valence-electron chi connectivity index (χ0n) is 29.7. The average Bonchev–Trinajstić information content (AvgIpc) is 3.18. The van der Waals surface area contributed by atoms with Crippen LogP contribution in [0.2, 0.25) is 0 Å². The molecule has 246 valence electrons. The van der Waals surface area contributed by atoms with Crippen molar-refractivity contribution in [1.29, 1.82) is 0 Å². The van der Waals surface area contributed by atoms with E-state index in [1.54, 1.807) is 0 Å². The van der Waals surface area contributed by atoms with Crippen LogP contribution in [0.25, 0.3) is 0 Å². The Bertz CT molecular complexity index is 2350. The molecular formula is C48H41BN2. The normalized spacial score (nSPS) is 13.4. The van der Waals surface area contributed by atoms with Crippen molar-refractivity contribution >= 4 is 57.2 Å². The van der Waals surface area contributed by atoms with E-state index in [0.717, 1.165) is 11.4 Å². The van der Waals surface area contributed by atoms with Gasteiger partial charge in [0.1, 0.15) is 0 Å². The number of rotatable bonds is 6. The minimum atomic E-state index is -0.242. The van der Waals surface area contributed by atoms with Crippen LogP contribution in [0, 0.1) is 0 Å². The van der Waals surface area contributed by atoms with Gasteiger partial charge in [0, 0.05) is 45.0 Å². The fourth-order valence-electron chi connectivity index (χ4n) is 8.45. The Hall–Kier alpha value is -5.80. The van der Waals surface area contributed by atoms with E-state index in [0.29, 0.717) is 0 Å². The summed E-state index contributed by atoms with van der Waals surface area (Å²) >= 11 is 0. The number of hydrogen-bond acceptors (Lipinski definition) is 2. The van der Waals surface area contributed by atoms with Gasteiger partial charge < -0.3 is 9.80 Å². The first-order chi connectivity index (χ1) is 24.8. The molecule has 2 aliphatic heterocycles. The van der Waals surface area contributed by atoms with Crippen LogP contribution in [0.15, 0.2) is 176 Å². The third-order valence-electron chi connectivity index (χ3n) is 11.4. The van der Waals surface area contributed by atoms with Gasteiger partial charge in [0.2, 0.25) is 0 Å². The van der Waals surface area contributed by atoms with Crippen LogP contribution in [0.1, 0.15) is 49.9 Å². The Morgan fingerprint density at radius 3 is 1.31 bits per heavy atom. The monoisotopic (exact) mass is 656 g/mol. The molecule has 0 saturated heterocycles. The zero-order chi connectivity index (χ0) is 34.7. The van der Waals surface area contributed by atoms with Crippen molar-refractivity contribution in [2.24, 2.45) is 0 Å². The fourth-order valence-corrected chi connectivity index (χ4v) is 8.45. The summed E-state index contributed by atoms with van der Waals surface area (Å²) in [5, 5.41) is 0. The van der Waals surface area contributed by atoms with Crippen LogP contribution in [-0.2, 0) is 10.8 Å². The van der Waals surface area contributed by atoms with Gasteiger partial charge in [-0.25, -0.2) is 0 Å². The van der Waals surface area contributed by atoms with Gasteiger partial charge in [-0.2, -0.15) is 0 Å². The first-order valence-electron chi connectivity index (χ1n) is 18.1. The van der Waals surface area contributed by atoms with E-state index in [1.165, 1.54) is 61.4 Å². The van der Waals surface area contributed by atoms with Crippen LogP contribution < -0.4 is 26.2 Å². The smallest absolute Gasteiger partial charge is 0.252 e. The Kier molecular flexibility index (Phi) is 7.29. The van der Waals surface area contributed by atoms with Crippen molar-refractivity contribution in [2.75, 3.05) is 9.80 Å². The van der Waals surface area contributed by atoms with Gasteiger partial charge in [0.25, 0.3) is 6.71 Å². The number of nitrogens with zero attached hydrogens (tertiary/aromatic N) is 2. The topological polar surface area (TPSA) is 6.48 Å². The molecule has 0 atom stereocenters. The molecule has 2 heterocycles. The molecule has 0 bridgehead atoms. The van der Waals surface area contributed by atoms with Crippen molar-refractivity contribution in [3.8, 4) is 0 Å². The van der Waals surface area contributed by atoms with Gasteiger partial charge in [-0.3, -0.25) is 0 Å². The predicted octanol–water partition coefficient (Wildman–Crippen LogP) is 10.4. The minimum absolute atomic E-state index is 0.0570. The SMILES string of the molecule is CC(C)(c1ccccc1)c1ccc2c(c1)B1c3ccccc3N(c3ccccc3)c3cc(C(C)(C)c4ccccc4)cc(c31)N2c1ccccc1. The summed E-state index contributed by atoms with van der Waals surface area (Å²) in [5.41, 5.74) is 16.1. The Morgan fingerprint density at radius 1 is 0.353 bits per heavy atom. The van der Waals surface area contributed by atoms with Gasteiger partial charge in [-0.1, -0.05) is 155 Å². The highest BCUT2D eigenvalue weighted by Crippen LogP contribution is 2.47. The van der Waals surface area contributed by atoms with Gasteiger partial charge in [-0.05, 0) is 87.2 Å². The molecule has 0 N–H and O–H groups in total. The molecule has 0 spiro atoms. The Balaban J connectivity index is 1.38. The minimum Gasteiger partial charge on any atom is -0.311 e. The van der Waals surface area contributed by atoms with E-state index in [1.807, 2.05) is 0 Å². The number of para-hydroxylation sites is 3. The lowest BCUT2D eigenvalue weighted by Gasteiger charge is -2.45. The molecule has 0 saturated carbocycles. The molecule has 0 aromatic heterocycles. The van der Waals surface area contributed by atoms with Gasteiger partial charge >= 0.3 is 0 Å². The van der Waals surface area contributed by atoms with Crippen LogP contribution in [0.3, 0.4) is 0 Å². The summed E-state index contributed by atoms with van der Waals surface area (Å²) in [6.07, 6.45) is 0. The molecule has 7 aromatic rings. The predicted molar refractivity (Wildman–Crippen MR) is 218 cm³/mol. The lowest BCUT2D eigenvalue weighted by molar-refractivity contribution is 0.640. The fraction of sp³-hybridized carbons (Fsp3) is 0.125. The van der Waals surface area contributed by atoms with E-state index in [4.69, 9.17) is 0 Å². The second kappa shape index (κ2) is 11.9. The molecule has 7 aromatic carbocycles. The van der Waals surface area contributed by atoms with Gasteiger partial charge in [0.05, 0.1) is 0 Å². The van der Waals surface area contributed by atoms with Crippen LogP contribution in [0.4, 0.5) is 34.1 Å². The van der Waals surface area contributed by atoms with E-state index in [-0.39, 0.29) is 17.5 Å². The number of hydrogen-bond donors (Lipinski definition) is 0. The first-order valence-corrected chi connectivity index (χ1v) is 18.1. The number of anilines is 6. The summed E-state index contributed by atoms with van der Waals surface area (Å²) < 4.78 is 0. The second-order valence-electron chi connectivity index (χ2n) is 15.0. The third kappa shape index (κ3) is 4.94. The summed E-state index contributed by atoms with van der Waals surface area (Å²) in [6.45, 7) is 9.48. The lowest BCUT2D eigenvalue weighted by Crippen LogP contribution is -2.61. The lowest BCUT2D eigenvalue weighted by atomic mass is 9.33. The highest BCUT2D eigenvalue weighted by molar-refractivity contribution is 7.00. The van der Waals surface area contributed by atoms with Crippen molar-refractivity contribution in [3.63, 3.8) is 0 Å². The summed E-state index contributed by atoms with van der Waals surface area (Å²) in [6, 6.07) is 64.9. The molecule has 2 nitrogen and oxygen atoms in total. The molecular weight excluding hydrogens is 615 g/mol. The largest absolute Gasteiger partial charge is 0.311 e. The Labute approximate surface area is 302 Å². The van der Waals surface area contributed by atoms with E-state index in [2.05, 4.69) is 213 Å². The highest BCUT2D eigenvalue weighted by Gasteiger charge is 2.44. The van der Waals surface area contributed by atoms with Crippen molar-refractivity contribution < 1.29 is 0 Å². The molecule has 0 unspecified atom stereocenters. The van der Waals surface area contributed by atoms with Crippen molar-refractivity contribution in [1.82, 2.24) is 0 Å². The molecule has 0 aliphatic carbocycles. The quantitative estimate of drug-likeness (QED) is 0.164. The van der Waals surface area contributed by atoms with Crippen molar-refractivity contribution in [2.45, 2.75) is 38.5 Å². The van der Waals surface area contributed by atoms with Gasteiger partial charge in [-0.15, -0.1) is 0 Å². The molecule has 51 heavy (non-hydrogen) atoms. The molecule has 2 aliphatic rings. The molecule has 3 heteroatoms. The average molecular weight is 657 g/mol.